The zero-order valence-electron chi connectivity index (χ0n) is 17.3. The van der Waals surface area contributed by atoms with Crippen molar-refractivity contribution in [3.63, 3.8) is 0 Å². The summed E-state index contributed by atoms with van der Waals surface area (Å²) >= 11 is 0. The molecule has 1 nitrogen and oxygen atoms in total. The van der Waals surface area contributed by atoms with E-state index in [2.05, 4.69) is 42.1 Å². The number of hydrogen-bond donors (Lipinski definition) is 0. The van der Waals surface area contributed by atoms with Gasteiger partial charge in [-0.25, -0.2) is 4.57 Å². The third kappa shape index (κ3) is 17.3. The van der Waals surface area contributed by atoms with Crippen LogP contribution < -0.4 is 34.1 Å². The van der Waals surface area contributed by atoms with Crippen LogP contribution in [0.15, 0.2) is 30.6 Å². The fourth-order valence-corrected chi connectivity index (χ4v) is 3.07. The number of hydrogen-bond acceptors (Lipinski definition) is 0. The van der Waals surface area contributed by atoms with Gasteiger partial charge in [-0.2, -0.15) is 0 Å². The number of rotatable bonds is 15. The average Bonchev–Trinajstić information content (AvgIpc) is 2.56. The van der Waals surface area contributed by atoms with E-state index in [1.807, 2.05) is 0 Å². The first-order valence-electron chi connectivity index (χ1n) is 9.87. The van der Waals surface area contributed by atoms with Crippen molar-refractivity contribution in [3.05, 3.63) is 30.6 Å². The van der Waals surface area contributed by atoms with Gasteiger partial charge in [-0.3, -0.25) is 0 Å². The van der Waals surface area contributed by atoms with Gasteiger partial charge in [0.25, 0.3) is 0 Å². The van der Waals surface area contributed by atoms with Crippen LogP contribution in [0.1, 0.15) is 98.2 Å². The molecule has 0 aliphatic carbocycles. The smallest absolute Gasteiger partial charge is 1.00 e. The van der Waals surface area contributed by atoms with Gasteiger partial charge in [0, 0.05) is 18.6 Å². The summed E-state index contributed by atoms with van der Waals surface area (Å²) in [5.41, 5.74) is 0. The number of nitrogens with zero attached hydrogens (tertiary/aromatic N) is 1. The van der Waals surface area contributed by atoms with E-state index in [0.717, 1.165) is 0 Å². The molecule has 0 amide bonds. The minimum absolute atomic E-state index is 0. The minimum Gasteiger partial charge on any atom is -1.00 e. The second kappa shape index (κ2) is 21.5. The summed E-state index contributed by atoms with van der Waals surface area (Å²) in [6.07, 6.45) is 24.4. The van der Waals surface area contributed by atoms with Gasteiger partial charge in [0.15, 0.2) is 12.4 Å². The Bertz CT molecular complexity index is 338. The third-order valence-corrected chi connectivity index (χ3v) is 4.55. The monoisotopic (exact) mass is 364 g/mol. The van der Waals surface area contributed by atoms with Crippen molar-refractivity contribution >= 4 is 12.4 Å². The van der Waals surface area contributed by atoms with E-state index in [4.69, 9.17) is 0 Å². The van der Waals surface area contributed by atoms with E-state index >= 15 is 0 Å². The number of aromatic nitrogens is 1. The number of aryl methyl sites for hydroxylation is 1. The molecule has 136 valence electrons. The molecule has 0 aliphatic rings. The summed E-state index contributed by atoms with van der Waals surface area (Å²) in [7, 11) is 0. The predicted molar refractivity (Wildman–Crippen MR) is 105 cm³/mol. The van der Waals surface area contributed by atoms with Gasteiger partial charge in [0.1, 0.15) is 6.54 Å². The maximum absolute atomic E-state index is 2.29. The van der Waals surface area contributed by atoms with Crippen molar-refractivity contribution in [2.45, 2.75) is 103 Å². The third-order valence-electron chi connectivity index (χ3n) is 4.55. The van der Waals surface area contributed by atoms with Crippen molar-refractivity contribution in [1.82, 2.24) is 0 Å². The summed E-state index contributed by atoms with van der Waals surface area (Å²) in [4.78, 5) is 0. The Morgan fingerprint density at radius 1 is 0.583 bits per heavy atom. The Morgan fingerprint density at radius 2 is 0.958 bits per heavy atom. The largest absolute Gasteiger partial charge is 1.00 e. The summed E-state index contributed by atoms with van der Waals surface area (Å²) in [5, 5.41) is 0. The van der Waals surface area contributed by atoms with Gasteiger partial charge in [-0.05, 0) is 6.42 Å². The molecule has 0 spiro atoms. The fourth-order valence-electron chi connectivity index (χ4n) is 3.07. The molecule has 1 aromatic heterocycles. The van der Waals surface area contributed by atoms with Crippen LogP contribution in [0.4, 0.5) is 0 Å². The maximum atomic E-state index is 2.29. The topological polar surface area (TPSA) is 3.88 Å². The first kappa shape index (κ1) is 26.7. The summed E-state index contributed by atoms with van der Waals surface area (Å²) in [6, 6.07) is 6.31. The molecule has 0 atom stereocenters. The molecule has 0 aliphatic heterocycles. The van der Waals surface area contributed by atoms with Gasteiger partial charge in [-0.15, -0.1) is 12.4 Å². The van der Waals surface area contributed by atoms with Crippen molar-refractivity contribution in [1.29, 1.82) is 0 Å². The molecule has 1 aromatic rings. The van der Waals surface area contributed by atoms with E-state index in [1.54, 1.807) is 0 Å². The molecule has 1 rings (SSSR count). The van der Waals surface area contributed by atoms with Crippen molar-refractivity contribution in [2.24, 2.45) is 0 Å². The van der Waals surface area contributed by atoms with Gasteiger partial charge in [-0.1, -0.05) is 90.0 Å². The van der Waals surface area contributed by atoms with Gasteiger partial charge in [0.05, 0.1) is 0 Å². The summed E-state index contributed by atoms with van der Waals surface area (Å²) < 4.78 is 2.29. The Hall–Kier alpha value is 0.440. The minimum atomic E-state index is 0. The molecule has 3 heteroatoms. The van der Waals surface area contributed by atoms with Crippen LogP contribution in [0.3, 0.4) is 0 Å². The van der Waals surface area contributed by atoms with Crippen molar-refractivity contribution in [3.8, 4) is 0 Å². The first-order chi connectivity index (χ1) is 10.9. The van der Waals surface area contributed by atoms with E-state index in [1.165, 1.54) is 96.4 Å². The van der Waals surface area contributed by atoms with Crippen LogP contribution in [0.25, 0.3) is 0 Å². The number of pyridine rings is 1. The molecule has 0 bridgehead atoms. The standard InChI is InChI=1S/C21H38N.ClH.Na.H/c1-2-3-4-5-6-7-8-9-10-11-12-13-14-16-19-22-20-17-15-18-21-22;;;/h15,17-18,20-21H,2-14,16,19H2,1H3;1H;;/q+1;;+1;-1. The van der Waals surface area contributed by atoms with Crippen LogP contribution >= 0.6 is 12.4 Å². The van der Waals surface area contributed by atoms with Crippen LogP contribution in [0.5, 0.6) is 0 Å². The molecular weight excluding hydrogens is 325 g/mol. The summed E-state index contributed by atoms with van der Waals surface area (Å²) in [6.45, 7) is 3.47. The van der Waals surface area contributed by atoms with E-state index < -0.39 is 0 Å². The molecule has 0 saturated heterocycles. The number of halogens is 1. The van der Waals surface area contributed by atoms with E-state index in [0.29, 0.717) is 0 Å². The SMILES string of the molecule is CCCCCCCCCCCCCCCC[n+]1ccccc1.Cl.[H-].[Na+]. The Labute approximate surface area is 181 Å². The molecule has 0 N–H and O–H groups in total. The first-order valence-corrected chi connectivity index (χ1v) is 9.87. The molecule has 0 unspecified atom stereocenters. The molecule has 0 aromatic carbocycles. The number of unbranched alkanes of at least 4 members (excludes halogenated alkanes) is 13. The van der Waals surface area contributed by atoms with Gasteiger partial charge in [0.2, 0.25) is 0 Å². The Kier molecular flexibility index (Phi) is 23.9. The second-order valence-electron chi connectivity index (χ2n) is 6.71. The van der Waals surface area contributed by atoms with Crippen LogP contribution in [-0.4, -0.2) is 0 Å². The molecule has 24 heavy (non-hydrogen) atoms. The molecule has 1 heterocycles. The molecule has 0 radical (unpaired) electrons. The fraction of sp³-hybridized carbons (Fsp3) is 0.762. The summed E-state index contributed by atoms with van der Waals surface area (Å²) in [5.74, 6) is 0. The van der Waals surface area contributed by atoms with Gasteiger partial charge < -0.3 is 1.43 Å². The molecular formula is C21H40ClNNa+. The van der Waals surface area contributed by atoms with Gasteiger partial charge >= 0.3 is 29.6 Å². The molecule has 0 saturated carbocycles. The van der Waals surface area contributed by atoms with Crippen molar-refractivity contribution in [2.75, 3.05) is 0 Å². The zero-order chi connectivity index (χ0) is 15.7. The average molecular weight is 365 g/mol. The second-order valence-corrected chi connectivity index (χ2v) is 6.71. The van der Waals surface area contributed by atoms with Crippen LogP contribution in [-0.2, 0) is 6.54 Å². The normalized spacial score (nSPS) is 10.0. The zero-order valence-corrected chi connectivity index (χ0v) is 19.2. The van der Waals surface area contributed by atoms with Crippen LogP contribution in [0.2, 0.25) is 0 Å². The Balaban J connectivity index is -0.00000161. The van der Waals surface area contributed by atoms with E-state index in [9.17, 15) is 0 Å². The predicted octanol–water partition coefficient (Wildman–Crippen LogP) is 3.99. The van der Waals surface area contributed by atoms with E-state index in [-0.39, 0.29) is 43.4 Å². The Morgan fingerprint density at radius 3 is 1.38 bits per heavy atom. The quantitative estimate of drug-likeness (QED) is 0.251. The van der Waals surface area contributed by atoms with Crippen LogP contribution in [0, 0.1) is 0 Å². The maximum Gasteiger partial charge on any atom is 1.00 e. The van der Waals surface area contributed by atoms with Crippen molar-refractivity contribution < 1.29 is 35.6 Å². The molecule has 0 fully saturated rings.